The van der Waals surface area contributed by atoms with Gasteiger partial charge in [0.05, 0.1) is 7.11 Å². The SMILES string of the molecule is COc1ccccc1CNC(=O)c1ccc(Cn2ccnc2C)cc1. The molecule has 3 aromatic rings. The van der Waals surface area contributed by atoms with E-state index in [4.69, 9.17) is 4.74 Å². The average molecular weight is 335 g/mol. The Morgan fingerprint density at radius 3 is 2.60 bits per heavy atom. The van der Waals surface area contributed by atoms with Gasteiger partial charge in [-0.3, -0.25) is 4.79 Å². The van der Waals surface area contributed by atoms with Crippen LogP contribution in [0.15, 0.2) is 60.9 Å². The molecule has 0 atom stereocenters. The van der Waals surface area contributed by atoms with Crippen molar-refractivity contribution < 1.29 is 9.53 Å². The Morgan fingerprint density at radius 1 is 1.16 bits per heavy atom. The van der Waals surface area contributed by atoms with E-state index in [9.17, 15) is 4.79 Å². The highest BCUT2D eigenvalue weighted by Crippen LogP contribution is 2.17. The highest BCUT2D eigenvalue weighted by molar-refractivity contribution is 5.94. The number of carbonyl (C=O) groups excluding carboxylic acids is 1. The predicted octanol–water partition coefficient (Wildman–Crippen LogP) is 3.18. The van der Waals surface area contributed by atoms with Crippen molar-refractivity contribution in [2.24, 2.45) is 0 Å². The molecule has 5 nitrogen and oxygen atoms in total. The normalized spacial score (nSPS) is 10.5. The zero-order chi connectivity index (χ0) is 17.6. The highest BCUT2D eigenvalue weighted by atomic mass is 16.5. The first kappa shape index (κ1) is 16.8. The van der Waals surface area contributed by atoms with Crippen LogP contribution < -0.4 is 10.1 Å². The monoisotopic (exact) mass is 335 g/mol. The molecule has 128 valence electrons. The molecule has 0 aliphatic rings. The molecular formula is C20H21N3O2. The van der Waals surface area contributed by atoms with Gasteiger partial charge in [0, 0.05) is 36.6 Å². The summed E-state index contributed by atoms with van der Waals surface area (Å²) in [6.07, 6.45) is 3.73. The fourth-order valence-electron chi connectivity index (χ4n) is 2.66. The summed E-state index contributed by atoms with van der Waals surface area (Å²) in [4.78, 5) is 16.5. The third kappa shape index (κ3) is 4.07. The van der Waals surface area contributed by atoms with Gasteiger partial charge in [0.25, 0.3) is 5.91 Å². The molecule has 0 fully saturated rings. The van der Waals surface area contributed by atoms with Crippen LogP contribution in [0.3, 0.4) is 0 Å². The first-order valence-electron chi connectivity index (χ1n) is 8.14. The van der Waals surface area contributed by atoms with Crippen LogP contribution in [0, 0.1) is 6.92 Å². The molecule has 2 aromatic carbocycles. The Morgan fingerprint density at radius 2 is 1.92 bits per heavy atom. The maximum absolute atomic E-state index is 12.3. The highest BCUT2D eigenvalue weighted by Gasteiger charge is 2.08. The fourth-order valence-corrected chi connectivity index (χ4v) is 2.66. The number of hydrogen-bond acceptors (Lipinski definition) is 3. The standard InChI is InChI=1S/C20H21N3O2/c1-15-21-11-12-23(15)14-16-7-9-17(10-8-16)20(24)22-13-18-5-3-4-6-19(18)25-2/h3-12H,13-14H2,1-2H3,(H,22,24). The van der Waals surface area contributed by atoms with E-state index in [0.29, 0.717) is 12.1 Å². The van der Waals surface area contributed by atoms with Gasteiger partial charge in [0.15, 0.2) is 0 Å². The maximum atomic E-state index is 12.3. The number of nitrogens with zero attached hydrogens (tertiary/aromatic N) is 2. The minimum atomic E-state index is -0.101. The summed E-state index contributed by atoms with van der Waals surface area (Å²) in [7, 11) is 1.63. The zero-order valence-electron chi connectivity index (χ0n) is 14.4. The van der Waals surface area contributed by atoms with Crippen molar-refractivity contribution in [3.8, 4) is 5.75 Å². The van der Waals surface area contributed by atoms with Crippen LogP contribution in [-0.2, 0) is 13.1 Å². The van der Waals surface area contributed by atoms with E-state index in [1.807, 2.05) is 61.7 Å². The number of aryl methyl sites for hydroxylation is 1. The fraction of sp³-hybridized carbons (Fsp3) is 0.200. The van der Waals surface area contributed by atoms with Crippen LogP contribution in [0.2, 0.25) is 0 Å². The number of carbonyl (C=O) groups is 1. The Labute approximate surface area is 147 Å². The van der Waals surface area contributed by atoms with E-state index in [1.54, 1.807) is 13.3 Å². The molecule has 1 amide bonds. The van der Waals surface area contributed by atoms with E-state index in [2.05, 4.69) is 14.9 Å². The van der Waals surface area contributed by atoms with Gasteiger partial charge < -0.3 is 14.6 Å². The van der Waals surface area contributed by atoms with Crippen molar-refractivity contribution in [1.29, 1.82) is 0 Å². The Bertz CT molecular complexity index is 853. The zero-order valence-corrected chi connectivity index (χ0v) is 14.4. The van der Waals surface area contributed by atoms with E-state index in [-0.39, 0.29) is 5.91 Å². The Balaban J connectivity index is 1.62. The Hall–Kier alpha value is -3.08. The molecule has 1 aromatic heterocycles. The number of rotatable bonds is 6. The number of imidazole rings is 1. The number of hydrogen-bond donors (Lipinski definition) is 1. The van der Waals surface area contributed by atoms with Crippen LogP contribution in [0.5, 0.6) is 5.75 Å². The van der Waals surface area contributed by atoms with Gasteiger partial charge in [0.1, 0.15) is 11.6 Å². The minimum absolute atomic E-state index is 0.101. The molecule has 0 unspecified atom stereocenters. The number of aromatic nitrogens is 2. The van der Waals surface area contributed by atoms with Crippen molar-refractivity contribution in [1.82, 2.24) is 14.9 Å². The van der Waals surface area contributed by atoms with Crippen molar-refractivity contribution in [3.05, 3.63) is 83.4 Å². The lowest BCUT2D eigenvalue weighted by Crippen LogP contribution is -2.23. The smallest absolute Gasteiger partial charge is 0.251 e. The third-order valence-corrected chi connectivity index (χ3v) is 4.12. The average Bonchev–Trinajstić information content (AvgIpc) is 3.05. The molecule has 0 saturated carbocycles. The van der Waals surface area contributed by atoms with Gasteiger partial charge in [-0.1, -0.05) is 30.3 Å². The van der Waals surface area contributed by atoms with E-state index >= 15 is 0 Å². The number of nitrogens with one attached hydrogen (secondary N) is 1. The van der Waals surface area contributed by atoms with Crippen LogP contribution in [0.1, 0.15) is 27.3 Å². The molecule has 0 aliphatic heterocycles. The van der Waals surface area contributed by atoms with Crippen molar-refractivity contribution >= 4 is 5.91 Å². The second kappa shape index (κ2) is 7.66. The van der Waals surface area contributed by atoms with Gasteiger partial charge in [-0.05, 0) is 30.7 Å². The van der Waals surface area contributed by atoms with Crippen LogP contribution in [0.4, 0.5) is 0 Å². The molecule has 0 aliphatic carbocycles. The van der Waals surface area contributed by atoms with Gasteiger partial charge in [-0.15, -0.1) is 0 Å². The minimum Gasteiger partial charge on any atom is -0.496 e. The van der Waals surface area contributed by atoms with Crippen molar-refractivity contribution in [3.63, 3.8) is 0 Å². The number of methoxy groups -OCH3 is 1. The summed E-state index contributed by atoms with van der Waals surface area (Å²) in [5, 5.41) is 2.93. The van der Waals surface area contributed by atoms with Gasteiger partial charge in [0.2, 0.25) is 0 Å². The number of ether oxygens (including phenoxy) is 1. The number of para-hydroxylation sites is 1. The molecule has 0 saturated heterocycles. The topological polar surface area (TPSA) is 56.1 Å². The summed E-state index contributed by atoms with van der Waals surface area (Å²) in [5.74, 6) is 1.64. The lowest BCUT2D eigenvalue weighted by Gasteiger charge is -2.10. The second-order valence-corrected chi connectivity index (χ2v) is 5.79. The Kier molecular flexibility index (Phi) is 5.14. The van der Waals surface area contributed by atoms with Gasteiger partial charge in [-0.2, -0.15) is 0 Å². The molecular weight excluding hydrogens is 314 g/mol. The van der Waals surface area contributed by atoms with Crippen LogP contribution >= 0.6 is 0 Å². The molecule has 0 radical (unpaired) electrons. The summed E-state index contributed by atoms with van der Waals surface area (Å²) < 4.78 is 7.37. The first-order chi connectivity index (χ1) is 12.2. The summed E-state index contributed by atoms with van der Waals surface area (Å²) in [6.45, 7) is 3.15. The molecule has 25 heavy (non-hydrogen) atoms. The number of benzene rings is 2. The lowest BCUT2D eigenvalue weighted by atomic mass is 10.1. The lowest BCUT2D eigenvalue weighted by molar-refractivity contribution is 0.0950. The van der Waals surface area contributed by atoms with Crippen LogP contribution in [0.25, 0.3) is 0 Å². The molecule has 1 N–H and O–H groups in total. The molecule has 0 spiro atoms. The van der Waals surface area contributed by atoms with E-state index in [1.165, 1.54) is 0 Å². The second-order valence-electron chi connectivity index (χ2n) is 5.79. The summed E-state index contributed by atoms with van der Waals surface area (Å²) >= 11 is 0. The van der Waals surface area contributed by atoms with E-state index < -0.39 is 0 Å². The van der Waals surface area contributed by atoms with Gasteiger partial charge >= 0.3 is 0 Å². The summed E-state index contributed by atoms with van der Waals surface area (Å²) in [6, 6.07) is 15.3. The summed E-state index contributed by atoms with van der Waals surface area (Å²) in [5.41, 5.74) is 2.72. The quantitative estimate of drug-likeness (QED) is 0.753. The van der Waals surface area contributed by atoms with Crippen molar-refractivity contribution in [2.45, 2.75) is 20.0 Å². The van der Waals surface area contributed by atoms with Crippen LogP contribution in [-0.4, -0.2) is 22.6 Å². The molecule has 3 rings (SSSR count). The molecule has 5 heteroatoms. The molecule has 0 bridgehead atoms. The predicted molar refractivity (Wildman–Crippen MR) is 96.7 cm³/mol. The maximum Gasteiger partial charge on any atom is 0.251 e. The largest absolute Gasteiger partial charge is 0.496 e. The first-order valence-corrected chi connectivity index (χ1v) is 8.14. The third-order valence-electron chi connectivity index (χ3n) is 4.12. The van der Waals surface area contributed by atoms with E-state index in [0.717, 1.165) is 29.2 Å². The van der Waals surface area contributed by atoms with Gasteiger partial charge in [-0.25, -0.2) is 4.98 Å². The molecule has 1 heterocycles. The number of amides is 1. The van der Waals surface area contributed by atoms with Crippen molar-refractivity contribution in [2.75, 3.05) is 7.11 Å².